The van der Waals surface area contributed by atoms with E-state index in [9.17, 15) is 0 Å². The highest BCUT2D eigenvalue weighted by molar-refractivity contribution is 7.15. The number of anilines is 1. The minimum atomic E-state index is 0.619. The summed E-state index contributed by atoms with van der Waals surface area (Å²) in [7, 11) is 0. The third-order valence-electron chi connectivity index (χ3n) is 2.85. The van der Waals surface area contributed by atoms with Gasteiger partial charge in [-0.1, -0.05) is 0 Å². The summed E-state index contributed by atoms with van der Waals surface area (Å²) < 4.78 is 5.43. The molecule has 0 aliphatic rings. The van der Waals surface area contributed by atoms with Gasteiger partial charge in [-0.05, 0) is 37.6 Å². The summed E-state index contributed by atoms with van der Waals surface area (Å²) in [6.07, 6.45) is 1.77. The van der Waals surface area contributed by atoms with Crippen molar-refractivity contribution in [1.82, 2.24) is 4.98 Å². The minimum absolute atomic E-state index is 0.619. The quantitative estimate of drug-likeness (QED) is 0.709. The van der Waals surface area contributed by atoms with Crippen LogP contribution < -0.4 is 5.73 Å². The normalized spacial score (nSPS) is 11.2. The Morgan fingerprint density at radius 2 is 2.12 bits per heavy atom. The predicted octanol–water partition coefficient (Wildman–Crippen LogP) is 3.76. The fourth-order valence-electron chi connectivity index (χ4n) is 1.82. The van der Waals surface area contributed by atoms with E-state index in [2.05, 4.69) is 11.1 Å². The number of hydrogen-bond donors (Lipinski definition) is 1. The van der Waals surface area contributed by atoms with Crippen LogP contribution in [0, 0.1) is 13.8 Å². The molecular weight excluding hydrogens is 232 g/mol. The van der Waals surface area contributed by atoms with Crippen molar-refractivity contribution in [3.8, 4) is 10.6 Å². The first-order valence-corrected chi connectivity index (χ1v) is 6.18. The third-order valence-corrected chi connectivity index (χ3v) is 3.88. The Kier molecular flexibility index (Phi) is 2.19. The molecule has 0 amide bonds. The molecule has 0 fully saturated rings. The summed E-state index contributed by atoms with van der Waals surface area (Å²) in [5.74, 6) is 0.619. The van der Waals surface area contributed by atoms with Crippen molar-refractivity contribution in [3.05, 3.63) is 34.9 Å². The van der Waals surface area contributed by atoms with Crippen LogP contribution in [0.1, 0.15) is 10.4 Å². The predicted molar refractivity (Wildman–Crippen MR) is 71.2 cm³/mol. The van der Waals surface area contributed by atoms with Crippen molar-refractivity contribution < 1.29 is 4.42 Å². The molecule has 17 heavy (non-hydrogen) atoms. The Bertz CT molecular complexity index is 677. The summed E-state index contributed by atoms with van der Waals surface area (Å²) in [6.45, 7) is 4.02. The second kappa shape index (κ2) is 3.60. The molecule has 0 bridgehead atoms. The van der Waals surface area contributed by atoms with E-state index in [-0.39, 0.29) is 0 Å². The van der Waals surface area contributed by atoms with Crippen molar-refractivity contribution in [3.63, 3.8) is 0 Å². The highest BCUT2D eigenvalue weighted by Crippen LogP contribution is 2.32. The molecule has 0 saturated heterocycles. The largest absolute Gasteiger partial charge is 0.464 e. The van der Waals surface area contributed by atoms with Crippen LogP contribution in [0.4, 0.5) is 5.82 Å². The van der Waals surface area contributed by atoms with Gasteiger partial charge in [-0.15, -0.1) is 11.3 Å². The average molecular weight is 244 g/mol. The lowest BCUT2D eigenvalue weighted by atomic mass is 10.1. The molecule has 2 heterocycles. The Morgan fingerprint density at radius 3 is 2.82 bits per heavy atom. The van der Waals surface area contributed by atoms with Crippen molar-refractivity contribution in [1.29, 1.82) is 0 Å². The van der Waals surface area contributed by atoms with Crippen LogP contribution in [0.25, 0.3) is 21.5 Å². The smallest absolute Gasteiger partial charge is 0.138 e. The third kappa shape index (κ3) is 1.61. The van der Waals surface area contributed by atoms with Gasteiger partial charge in [0.1, 0.15) is 16.4 Å². The summed E-state index contributed by atoms with van der Waals surface area (Å²) in [5, 5.41) is 2.09. The molecule has 2 aromatic heterocycles. The second-order valence-corrected chi connectivity index (χ2v) is 5.29. The number of rotatable bonds is 1. The number of nitrogen functional groups attached to an aromatic ring is 1. The molecule has 0 saturated carbocycles. The van der Waals surface area contributed by atoms with Crippen molar-refractivity contribution in [2.45, 2.75) is 13.8 Å². The highest BCUT2D eigenvalue weighted by atomic mass is 32.1. The van der Waals surface area contributed by atoms with E-state index < -0.39 is 0 Å². The number of hydrogen-bond acceptors (Lipinski definition) is 4. The fourth-order valence-corrected chi connectivity index (χ4v) is 2.65. The second-order valence-electron chi connectivity index (χ2n) is 4.09. The first-order valence-electron chi connectivity index (χ1n) is 5.36. The summed E-state index contributed by atoms with van der Waals surface area (Å²) in [6, 6.07) is 6.10. The van der Waals surface area contributed by atoms with Gasteiger partial charge in [-0.3, -0.25) is 0 Å². The van der Waals surface area contributed by atoms with Crippen LogP contribution >= 0.6 is 11.3 Å². The Labute approximate surface area is 103 Å². The van der Waals surface area contributed by atoms with Gasteiger partial charge in [0.25, 0.3) is 0 Å². The first-order chi connectivity index (χ1) is 8.15. The zero-order valence-electron chi connectivity index (χ0n) is 9.65. The van der Waals surface area contributed by atoms with Gasteiger partial charge < -0.3 is 10.2 Å². The van der Waals surface area contributed by atoms with Crippen LogP contribution in [0.3, 0.4) is 0 Å². The summed E-state index contributed by atoms with van der Waals surface area (Å²) in [4.78, 5) is 5.43. The lowest BCUT2D eigenvalue weighted by Crippen LogP contribution is -1.86. The van der Waals surface area contributed by atoms with Gasteiger partial charge in [0.05, 0.1) is 6.26 Å². The van der Waals surface area contributed by atoms with E-state index in [1.807, 2.05) is 26.0 Å². The number of fused-ring (bicyclic) bond motifs is 1. The number of nitrogens with two attached hydrogens (primary N) is 1. The zero-order valence-corrected chi connectivity index (χ0v) is 10.5. The number of aromatic nitrogens is 1. The molecule has 0 radical (unpaired) electrons. The molecule has 3 rings (SSSR count). The van der Waals surface area contributed by atoms with E-state index in [4.69, 9.17) is 10.2 Å². The molecule has 4 heteroatoms. The van der Waals surface area contributed by atoms with E-state index >= 15 is 0 Å². The molecule has 0 spiro atoms. The summed E-state index contributed by atoms with van der Waals surface area (Å²) >= 11 is 1.62. The van der Waals surface area contributed by atoms with Crippen LogP contribution in [-0.2, 0) is 0 Å². The molecule has 0 atom stereocenters. The number of aryl methyl sites for hydroxylation is 2. The topological polar surface area (TPSA) is 52.0 Å². The van der Waals surface area contributed by atoms with Gasteiger partial charge >= 0.3 is 0 Å². The summed E-state index contributed by atoms with van der Waals surface area (Å²) in [5.41, 5.74) is 8.92. The fraction of sp³-hybridized carbons (Fsp3) is 0.154. The van der Waals surface area contributed by atoms with Gasteiger partial charge in [-0.25, -0.2) is 4.98 Å². The molecule has 0 aliphatic heterocycles. The minimum Gasteiger partial charge on any atom is -0.464 e. The van der Waals surface area contributed by atoms with Gasteiger partial charge in [-0.2, -0.15) is 0 Å². The van der Waals surface area contributed by atoms with Gasteiger partial charge in [0.15, 0.2) is 0 Å². The van der Waals surface area contributed by atoms with Crippen molar-refractivity contribution >= 4 is 28.1 Å². The van der Waals surface area contributed by atoms with E-state index in [1.54, 1.807) is 17.6 Å². The number of benzene rings is 1. The van der Waals surface area contributed by atoms with Crippen LogP contribution in [0.5, 0.6) is 0 Å². The Balaban J connectivity index is 2.20. The first kappa shape index (κ1) is 10.4. The molecular formula is C13H12N2OS. The molecule has 86 valence electrons. The number of thiazole rings is 1. The van der Waals surface area contributed by atoms with Crippen molar-refractivity contribution in [2.24, 2.45) is 0 Å². The SMILES string of the molecule is Cc1sc(-c2ccc3occ(C)c3c2)nc1N. The molecule has 0 aliphatic carbocycles. The van der Waals surface area contributed by atoms with E-state index in [0.717, 1.165) is 32.0 Å². The van der Waals surface area contributed by atoms with Crippen LogP contribution in [0.15, 0.2) is 28.9 Å². The Hall–Kier alpha value is -1.81. The van der Waals surface area contributed by atoms with Crippen LogP contribution in [0.2, 0.25) is 0 Å². The lowest BCUT2D eigenvalue weighted by Gasteiger charge is -1.96. The van der Waals surface area contributed by atoms with Gasteiger partial charge in [0, 0.05) is 15.8 Å². The van der Waals surface area contributed by atoms with Crippen LogP contribution in [-0.4, -0.2) is 4.98 Å². The lowest BCUT2D eigenvalue weighted by molar-refractivity contribution is 0.613. The molecule has 3 aromatic rings. The monoisotopic (exact) mass is 244 g/mol. The number of furan rings is 1. The molecule has 0 unspecified atom stereocenters. The maximum atomic E-state index is 5.78. The van der Waals surface area contributed by atoms with Gasteiger partial charge in [0.2, 0.25) is 0 Å². The highest BCUT2D eigenvalue weighted by Gasteiger charge is 2.09. The molecule has 3 nitrogen and oxygen atoms in total. The van der Waals surface area contributed by atoms with E-state index in [1.165, 1.54) is 0 Å². The standard InChI is InChI=1S/C13H12N2OS/c1-7-6-16-11-4-3-9(5-10(7)11)13-15-12(14)8(2)17-13/h3-6H,14H2,1-2H3. The average Bonchev–Trinajstić information content (AvgIpc) is 2.84. The maximum Gasteiger partial charge on any atom is 0.138 e. The van der Waals surface area contributed by atoms with Crippen molar-refractivity contribution in [2.75, 3.05) is 5.73 Å². The van der Waals surface area contributed by atoms with E-state index in [0.29, 0.717) is 5.82 Å². The Morgan fingerprint density at radius 1 is 1.29 bits per heavy atom. The molecule has 2 N–H and O–H groups in total. The zero-order chi connectivity index (χ0) is 12.0. The number of nitrogens with zero attached hydrogens (tertiary/aromatic N) is 1. The maximum absolute atomic E-state index is 5.78. The molecule has 1 aromatic carbocycles.